The number of nitrogens with zero attached hydrogens (tertiary/aromatic N) is 1. The van der Waals surface area contributed by atoms with E-state index in [1.807, 2.05) is 0 Å². The van der Waals surface area contributed by atoms with Crippen LogP contribution in [0.1, 0.15) is 0 Å². The zero-order chi connectivity index (χ0) is 9.26. The first-order valence-electron chi connectivity index (χ1n) is 3.69. The third-order valence-corrected chi connectivity index (χ3v) is 2.58. The second-order valence-corrected chi connectivity index (χ2v) is 3.59. The number of H-pyrrole nitrogens is 2. The highest BCUT2D eigenvalue weighted by atomic mass is 32.2. The Hall–Kier alpha value is -1.08. The predicted octanol–water partition coefficient (Wildman–Crippen LogP) is -1.05. The lowest BCUT2D eigenvalue weighted by molar-refractivity contribution is 0.426. The van der Waals surface area contributed by atoms with Gasteiger partial charge < -0.3 is 4.74 Å². The molecule has 0 amide bonds. The van der Waals surface area contributed by atoms with E-state index in [1.165, 1.54) is 11.8 Å². The van der Waals surface area contributed by atoms with Gasteiger partial charge in [0.25, 0.3) is 5.56 Å². The van der Waals surface area contributed by atoms with Gasteiger partial charge in [0.15, 0.2) is 5.03 Å². The van der Waals surface area contributed by atoms with Gasteiger partial charge >= 0.3 is 5.69 Å². The second kappa shape index (κ2) is 3.35. The number of epoxide rings is 1. The molecule has 1 aliphatic rings. The predicted molar refractivity (Wildman–Crippen MR) is 45.9 cm³/mol. The van der Waals surface area contributed by atoms with Crippen LogP contribution in [0.25, 0.3) is 0 Å². The van der Waals surface area contributed by atoms with E-state index in [-0.39, 0.29) is 11.1 Å². The van der Waals surface area contributed by atoms with Crippen LogP contribution in [0.2, 0.25) is 0 Å². The van der Waals surface area contributed by atoms with Crippen LogP contribution in [0.5, 0.6) is 0 Å². The molecule has 70 valence electrons. The Bertz CT molecular complexity index is 408. The van der Waals surface area contributed by atoms with Gasteiger partial charge in [-0.3, -0.25) is 9.78 Å². The summed E-state index contributed by atoms with van der Waals surface area (Å²) in [4.78, 5) is 23.8. The maximum Gasteiger partial charge on any atom is 0.342 e. The smallest absolute Gasteiger partial charge is 0.342 e. The van der Waals surface area contributed by atoms with Crippen LogP contribution in [0.3, 0.4) is 0 Å². The molecule has 0 spiro atoms. The summed E-state index contributed by atoms with van der Waals surface area (Å²) in [6.07, 6.45) is 0.234. The summed E-state index contributed by atoms with van der Waals surface area (Å²) in [5.41, 5.74) is -1.04. The van der Waals surface area contributed by atoms with Crippen LogP contribution in [-0.2, 0) is 4.74 Å². The minimum Gasteiger partial charge on any atom is -0.372 e. The van der Waals surface area contributed by atoms with Crippen LogP contribution in [0, 0.1) is 0 Å². The Kier molecular flexibility index (Phi) is 2.19. The number of ether oxygens (including phenoxy) is 1. The van der Waals surface area contributed by atoms with E-state index in [1.54, 1.807) is 0 Å². The summed E-state index contributed by atoms with van der Waals surface area (Å²) in [6.45, 7) is 0.744. The monoisotopic (exact) mass is 201 g/mol. The lowest BCUT2D eigenvalue weighted by Gasteiger charge is -1.94. The summed E-state index contributed by atoms with van der Waals surface area (Å²) < 4.78 is 4.96. The van der Waals surface area contributed by atoms with E-state index in [2.05, 4.69) is 15.2 Å². The Balaban J connectivity index is 2.10. The van der Waals surface area contributed by atoms with Crippen LogP contribution < -0.4 is 11.2 Å². The van der Waals surface area contributed by atoms with Gasteiger partial charge in [-0.15, -0.1) is 0 Å². The average molecular weight is 201 g/mol. The van der Waals surface area contributed by atoms with Crippen molar-refractivity contribution in [3.63, 3.8) is 0 Å². The molecule has 1 fully saturated rings. The van der Waals surface area contributed by atoms with Gasteiger partial charge in [-0.05, 0) is 0 Å². The average Bonchev–Trinajstić information content (AvgIpc) is 2.86. The van der Waals surface area contributed by atoms with Crippen LogP contribution in [0.15, 0.2) is 14.6 Å². The molecule has 6 nitrogen and oxygen atoms in total. The molecule has 1 atom stereocenters. The van der Waals surface area contributed by atoms with Gasteiger partial charge in [0, 0.05) is 5.75 Å². The van der Waals surface area contributed by atoms with Gasteiger partial charge in [-0.25, -0.2) is 9.89 Å². The topological polar surface area (TPSA) is 91.1 Å². The maximum atomic E-state index is 11.1. The van der Waals surface area contributed by atoms with Crippen LogP contribution in [0.4, 0.5) is 0 Å². The molecule has 1 aromatic heterocycles. The van der Waals surface area contributed by atoms with Crippen molar-refractivity contribution in [2.75, 3.05) is 12.4 Å². The molecule has 0 radical (unpaired) electrons. The Morgan fingerprint density at radius 1 is 1.62 bits per heavy atom. The van der Waals surface area contributed by atoms with E-state index < -0.39 is 11.2 Å². The largest absolute Gasteiger partial charge is 0.372 e. The summed E-state index contributed by atoms with van der Waals surface area (Å²) in [6, 6.07) is 0. The van der Waals surface area contributed by atoms with Crippen LogP contribution >= 0.6 is 11.8 Å². The number of aromatic amines is 2. The highest BCUT2D eigenvalue weighted by Crippen LogP contribution is 2.18. The lowest BCUT2D eigenvalue weighted by Crippen LogP contribution is -2.25. The van der Waals surface area contributed by atoms with E-state index in [0.717, 1.165) is 6.61 Å². The number of hydrogen-bond donors (Lipinski definition) is 2. The van der Waals surface area contributed by atoms with Crippen molar-refractivity contribution in [2.45, 2.75) is 11.1 Å². The molecule has 1 aromatic rings. The summed E-state index contributed by atoms with van der Waals surface area (Å²) in [5, 5.41) is 6.04. The van der Waals surface area contributed by atoms with Crippen molar-refractivity contribution in [3.8, 4) is 0 Å². The number of hydrogen-bond acceptors (Lipinski definition) is 5. The summed E-state index contributed by atoms with van der Waals surface area (Å²) in [5.74, 6) is 0.697. The Morgan fingerprint density at radius 3 is 3.00 bits per heavy atom. The quantitative estimate of drug-likeness (QED) is 0.481. The van der Waals surface area contributed by atoms with Gasteiger partial charge in [0.2, 0.25) is 0 Å². The van der Waals surface area contributed by atoms with Gasteiger partial charge in [0.1, 0.15) is 0 Å². The Morgan fingerprint density at radius 2 is 2.38 bits per heavy atom. The minimum absolute atomic E-state index is 0.234. The van der Waals surface area contributed by atoms with Crippen molar-refractivity contribution in [3.05, 3.63) is 20.8 Å². The van der Waals surface area contributed by atoms with Crippen LogP contribution in [-0.4, -0.2) is 33.6 Å². The molecule has 2 N–H and O–H groups in total. The molecule has 0 aliphatic carbocycles. The molecule has 2 heterocycles. The molecule has 1 aliphatic heterocycles. The third-order valence-electron chi connectivity index (χ3n) is 1.49. The summed E-state index contributed by atoms with van der Waals surface area (Å²) >= 11 is 1.28. The first kappa shape index (κ1) is 8.52. The second-order valence-electron chi connectivity index (χ2n) is 2.58. The SMILES string of the molecule is O=c1[nH]nc(SCC2CO2)c(=O)[nH]1. The first-order valence-corrected chi connectivity index (χ1v) is 4.67. The van der Waals surface area contributed by atoms with Crippen molar-refractivity contribution in [2.24, 2.45) is 0 Å². The number of thioether (sulfide) groups is 1. The normalized spacial score (nSPS) is 20.2. The highest BCUT2D eigenvalue weighted by molar-refractivity contribution is 7.99. The molecule has 0 aromatic carbocycles. The molecule has 2 rings (SSSR count). The number of nitrogens with one attached hydrogen (secondary N) is 2. The fourth-order valence-corrected chi connectivity index (χ4v) is 1.60. The van der Waals surface area contributed by atoms with Crippen molar-refractivity contribution in [1.82, 2.24) is 15.2 Å². The fourth-order valence-electron chi connectivity index (χ4n) is 0.771. The van der Waals surface area contributed by atoms with Gasteiger partial charge in [-0.2, -0.15) is 5.10 Å². The highest BCUT2D eigenvalue weighted by Gasteiger charge is 2.23. The van der Waals surface area contributed by atoms with Crippen molar-refractivity contribution >= 4 is 11.8 Å². The van der Waals surface area contributed by atoms with Gasteiger partial charge in [-0.1, -0.05) is 11.8 Å². The Labute approximate surface area is 76.7 Å². The molecular weight excluding hydrogens is 194 g/mol. The minimum atomic E-state index is -0.586. The van der Waals surface area contributed by atoms with E-state index in [9.17, 15) is 9.59 Å². The lowest BCUT2D eigenvalue weighted by atomic mass is 10.6. The number of rotatable bonds is 3. The maximum absolute atomic E-state index is 11.1. The zero-order valence-electron chi connectivity index (χ0n) is 6.57. The first-order chi connectivity index (χ1) is 6.25. The molecule has 0 saturated carbocycles. The fraction of sp³-hybridized carbons (Fsp3) is 0.500. The molecule has 7 heteroatoms. The molecule has 1 saturated heterocycles. The van der Waals surface area contributed by atoms with Gasteiger partial charge in [0.05, 0.1) is 12.7 Å². The van der Waals surface area contributed by atoms with E-state index >= 15 is 0 Å². The molecular formula is C6H7N3O3S. The van der Waals surface area contributed by atoms with E-state index in [0.29, 0.717) is 5.75 Å². The third kappa shape index (κ3) is 2.19. The van der Waals surface area contributed by atoms with E-state index in [4.69, 9.17) is 4.74 Å². The summed E-state index contributed by atoms with van der Waals surface area (Å²) in [7, 11) is 0. The number of aromatic nitrogens is 3. The molecule has 13 heavy (non-hydrogen) atoms. The zero-order valence-corrected chi connectivity index (χ0v) is 7.39. The van der Waals surface area contributed by atoms with Crippen molar-refractivity contribution < 1.29 is 4.74 Å². The standard InChI is InChI=1S/C6H7N3O3S/c10-4-5(8-9-6(11)7-4)13-2-3-1-12-3/h3H,1-2H2,(H2,7,9,10,11). The van der Waals surface area contributed by atoms with Crippen molar-refractivity contribution in [1.29, 1.82) is 0 Å². The molecule has 1 unspecified atom stereocenters. The molecule has 0 bridgehead atoms.